The molecule has 0 radical (unpaired) electrons. The van der Waals surface area contributed by atoms with Crippen LogP contribution in [0.3, 0.4) is 0 Å². The molecule has 1 aliphatic rings. The molecule has 6 heteroatoms. The van der Waals surface area contributed by atoms with Gasteiger partial charge in [-0.25, -0.2) is 0 Å². The Kier molecular flexibility index (Phi) is 5.74. The van der Waals surface area contributed by atoms with Crippen LogP contribution < -0.4 is 5.32 Å². The molecule has 28 heavy (non-hydrogen) atoms. The predicted molar refractivity (Wildman–Crippen MR) is 110 cm³/mol. The Hall–Kier alpha value is -2.63. The molecule has 4 rings (SSSR count). The highest BCUT2D eigenvalue weighted by Crippen LogP contribution is 2.24. The highest BCUT2D eigenvalue weighted by molar-refractivity contribution is 6.31. The van der Waals surface area contributed by atoms with Crippen molar-refractivity contribution in [3.63, 3.8) is 0 Å². The van der Waals surface area contributed by atoms with Crippen molar-refractivity contribution in [2.24, 2.45) is 0 Å². The normalized spacial score (nSPS) is 16.2. The van der Waals surface area contributed by atoms with Crippen LogP contribution in [0.1, 0.15) is 28.8 Å². The van der Waals surface area contributed by atoms with Gasteiger partial charge in [0.25, 0.3) is 5.91 Å². The zero-order chi connectivity index (χ0) is 19.3. The van der Waals surface area contributed by atoms with Gasteiger partial charge in [-0.3, -0.25) is 9.48 Å². The minimum absolute atomic E-state index is 0.0993. The van der Waals surface area contributed by atoms with E-state index in [4.69, 9.17) is 16.3 Å². The van der Waals surface area contributed by atoms with Crippen molar-refractivity contribution < 1.29 is 9.53 Å². The van der Waals surface area contributed by atoms with E-state index in [0.717, 1.165) is 30.6 Å². The molecule has 2 heterocycles. The topological polar surface area (TPSA) is 56.1 Å². The van der Waals surface area contributed by atoms with Gasteiger partial charge >= 0.3 is 0 Å². The average molecular weight is 396 g/mol. The molecule has 1 fully saturated rings. The van der Waals surface area contributed by atoms with E-state index < -0.39 is 0 Å². The molecule has 3 aromatic rings. The molecule has 0 aliphatic carbocycles. The maximum atomic E-state index is 12.9. The Morgan fingerprint density at radius 2 is 1.96 bits per heavy atom. The van der Waals surface area contributed by atoms with E-state index in [1.54, 1.807) is 10.9 Å². The number of aromatic nitrogens is 2. The Labute approximate surface area is 169 Å². The Bertz CT molecular complexity index is 949. The van der Waals surface area contributed by atoms with Gasteiger partial charge in [-0.1, -0.05) is 60.1 Å². The van der Waals surface area contributed by atoms with Crippen LogP contribution in [0.25, 0.3) is 11.3 Å². The monoisotopic (exact) mass is 395 g/mol. The zero-order valence-electron chi connectivity index (χ0n) is 15.5. The van der Waals surface area contributed by atoms with Crippen LogP contribution in [0.15, 0.2) is 60.8 Å². The minimum Gasteiger partial charge on any atom is -0.376 e. The molecule has 2 aromatic carbocycles. The smallest absolute Gasteiger partial charge is 0.255 e. The molecule has 1 N–H and O–H groups in total. The molecule has 144 valence electrons. The first-order valence-electron chi connectivity index (χ1n) is 9.47. The summed E-state index contributed by atoms with van der Waals surface area (Å²) in [6.45, 7) is 1.78. The predicted octanol–water partition coefficient (Wildman–Crippen LogP) is 4.16. The van der Waals surface area contributed by atoms with E-state index in [1.165, 1.54) is 0 Å². The molecule has 0 saturated carbocycles. The third-order valence-corrected chi connectivity index (χ3v) is 5.23. The number of amides is 1. The fourth-order valence-corrected chi connectivity index (χ4v) is 3.58. The molecule has 1 saturated heterocycles. The number of nitrogens with zero attached hydrogens (tertiary/aromatic N) is 2. The summed E-state index contributed by atoms with van der Waals surface area (Å²) in [5, 5.41) is 8.36. The molecular formula is C22H22ClN3O2. The van der Waals surface area contributed by atoms with Crippen LogP contribution >= 0.6 is 11.6 Å². The molecule has 5 nitrogen and oxygen atoms in total. The summed E-state index contributed by atoms with van der Waals surface area (Å²) in [6.07, 6.45) is 3.92. The fourth-order valence-electron chi connectivity index (χ4n) is 3.39. The van der Waals surface area contributed by atoms with E-state index in [-0.39, 0.29) is 12.0 Å². The van der Waals surface area contributed by atoms with Crippen LogP contribution in [0.2, 0.25) is 5.02 Å². The molecular weight excluding hydrogens is 374 g/mol. The van der Waals surface area contributed by atoms with E-state index in [9.17, 15) is 4.79 Å². The van der Waals surface area contributed by atoms with Gasteiger partial charge in [0.1, 0.15) is 5.69 Å². The summed E-state index contributed by atoms with van der Waals surface area (Å²) in [6, 6.07) is 17.4. The quantitative estimate of drug-likeness (QED) is 0.681. The molecule has 0 spiro atoms. The second-order valence-corrected chi connectivity index (χ2v) is 7.30. The van der Waals surface area contributed by atoms with Gasteiger partial charge in [-0.15, -0.1) is 0 Å². The van der Waals surface area contributed by atoms with Gasteiger partial charge in [-0.2, -0.15) is 5.10 Å². The van der Waals surface area contributed by atoms with Crippen molar-refractivity contribution in [2.75, 3.05) is 13.2 Å². The largest absolute Gasteiger partial charge is 0.376 e. The zero-order valence-corrected chi connectivity index (χ0v) is 16.2. The lowest BCUT2D eigenvalue weighted by Gasteiger charge is -2.10. The highest BCUT2D eigenvalue weighted by Gasteiger charge is 2.21. The summed E-state index contributed by atoms with van der Waals surface area (Å²) in [5.74, 6) is -0.139. The maximum Gasteiger partial charge on any atom is 0.255 e. The van der Waals surface area contributed by atoms with Gasteiger partial charge in [0.15, 0.2) is 0 Å². The van der Waals surface area contributed by atoms with E-state index in [1.807, 2.05) is 54.6 Å². The SMILES string of the molecule is O=C(NC[C@@H]1CCCO1)c1cn(Cc2ccccc2Cl)nc1-c1ccccc1. The number of nitrogens with one attached hydrogen (secondary N) is 1. The van der Waals surface area contributed by atoms with Crippen molar-refractivity contribution in [1.29, 1.82) is 0 Å². The lowest BCUT2D eigenvalue weighted by atomic mass is 10.1. The summed E-state index contributed by atoms with van der Waals surface area (Å²) < 4.78 is 7.37. The fraction of sp³-hybridized carbons (Fsp3) is 0.273. The molecule has 1 aromatic heterocycles. The van der Waals surface area contributed by atoms with Crippen molar-refractivity contribution in [3.05, 3.63) is 76.9 Å². The number of hydrogen-bond acceptors (Lipinski definition) is 3. The van der Waals surface area contributed by atoms with Crippen molar-refractivity contribution in [2.45, 2.75) is 25.5 Å². The average Bonchev–Trinajstić information content (AvgIpc) is 3.39. The molecule has 1 aliphatic heterocycles. The van der Waals surface area contributed by atoms with Crippen molar-refractivity contribution in [3.8, 4) is 11.3 Å². The third kappa shape index (κ3) is 4.26. The summed E-state index contributed by atoms with van der Waals surface area (Å²) in [7, 11) is 0. The number of hydrogen-bond donors (Lipinski definition) is 1. The second kappa shape index (κ2) is 8.59. The summed E-state index contributed by atoms with van der Waals surface area (Å²) in [4.78, 5) is 12.9. The van der Waals surface area contributed by atoms with E-state index in [0.29, 0.717) is 29.4 Å². The van der Waals surface area contributed by atoms with Gasteiger partial charge in [0.05, 0.1) is 18.2 Å². The number of rotatable bonds is 6. The number of carbonyl (C=O) groups is 1. The van der Waals surface area contributed by atoms with Gasteiger partial charge in [0.2, 0.25) is 0 Å². The van der Waals surface area contributed by atoms with Crippen LogP contribution in [-0.2, 0) is 11.3 Å². The number of halogens is 1. The Balaban J connectivity index is 1.60. The Morgan fingerprint density at radius 3 is 2.71 bits per heavy atom. The van der Waals surface area contributed by atoms with Gasteiger partial charge in [0, 0.05) is 29.9 Å². The lowest BCUT2D eigenvalue weighted by molar-refractivity contribution is 0.0858. The van der Waals surface area contributed by atoms with Crippen LogP contribution in [0.4, 0.5) is 0 Å². The van der Waals surface area contributed by atoms with Crippen LogP contribution in [0.5, 0.6) is 0 Å². The van der Waals surface area contributed by atoms with Crippen molar-refractivity contribution >= 4 is 17.5 Å². The Morgan fingerprint density at radius 1 is 1.18 bits per heavy atom. The minimum atomic E-state index is -0.139. The van der Waals surface area contributed by atoms with Crippen LogP contribution in [0, 0.1) is 0 Å². The highest BCUT2D eigenvalue weighted by atomic mass is 35.5. The molecule has 1 amide bonds. The van der Waals surface area contributed by atoms with Crippen molar-refractivity contribution in [1.82, 2.24) is 15.1 Å². The first-order chi connectivity index (χ1) is 13.7. The lowest BCUT2D eigenvalue weighted by Crippen LogP contribution is -2.31. The third-order valence-electron chi connectivity index (χ3n) is 4.86. The molecule has 1 atom stereocenters. The molecule has 0 bridgehead atoms. The maximum absolute atomic E-state index is 12.9. The van der Waals surface area contributed by atoms with Gasteiger partial charge < -0.3 is 10.1 Å². The van der Waals surface area contributed by atoms with Gasteiger partial charge in [-0.05, 0) is 24.5 Å². The number of ether oxygens (including phenoxy) is 1. The first-order valence-corrected chi connectivity index (χ1v) is 9.84. The first kappa shape index (κ1) is 18.7. The van der Waals surface area contributed by atoms with Crippen LogP contribution in [-0.4, -0.2) is 34.9 Å². The second-order valence-electron chi connectivity index (χ2n) is 6.89. The standard InChI is InChI=1S/C22H22ClN3O2/c23-20-11-5-4-9-17(20)14-26-15-19(21(25-26)16-7-2-1-3-8-16)22(27)24-13-18-10-6-12-28-18/h1-5,7-9,11,15,18H,6,10,12-14H2,(H,24,27)/t18-/m0/s1. The van der Waals surface area contributed by atoms with E-state index >= 15 is 0 Å². The molecule has 0 unspecified atom stereocenters. The number of carbonyl (C=O) groups excluding carboxylic acids is 1. The summed E-state index contributed by atoms with van der Waals surface area (Å²) in [5.41, 5.74) is 3.08. The van der Waals surface area contributed by atoms with E-state index in [2.05, 4.69) is 10.4 Å². The summed E-state index contributed by atoms with van der Waals surface area (Å²) >= 11 is 6.29. The number of benzene rings is 2.